The number of hydrogen-bond acceptors (Lipinski definition) is 5. The number of carbonyl (C=O) groups is 2. The molecule has 7 nitrogen and oxygen atoms in total. The zero-order valence-electron chi connectivity index (χ0n) is 16.1. The number of amides is 1. The van der Waals surface area contributed by atoms with Gasteiger partial charge < -0.3 is 24.5 Å². The van der Waals surface area contributed by atoms with Gasteiger partial charge in [-0.05, 0) is 18.7 Å². The minimum atomic E-state index is -0.861. The average Bonchev–Trinajstić information content (AvgIpc) is 3.13. The Kier molecular flexibility index (Phi) is 6.34. The Morgan fingerprint density at radius 3 is 2.52 bits per heavy atom. The fourth-order valence-corrected chi connectivity index (χ4v) is 4.03. The quantitative estimate of drug-likeness (QED) is 0.798. The highest BCUT2D eigenvalue weighted by molar-refractivity contribution is 5.80. The van der Waals surface area contributed by atoms with Crippen LogP contribution in [0, 0.1) is 5.92 Å². The summed E-state index contributed by atoms with van der Waals surface area (Å²) in [6, 6.07) is 7.49. The highest BCUT2D eigenvalue weighted by Crippen LogP contribution is 2.37. The molecule has 1 N–H and O–H groups in total. The van der Waals surface area contributed by atoms with Crippen LogP contribution >= 0.6 is 0 Å². The van der Waals surface area contributed by atoms with Gasteiger partial charge in [0.25, 0.3) is 0 Å². The number of nitrogens with zero attached hydrogens (tertiary/aromatic N) is 3. The number of carboxylic acid groups (broad SMARTS) is 1. The number of benzene rings is 1. The standard InChI is InChI=1S/C20H29N3O4/c1-21-9-11-22(12-10-21)8-7-19(24)23-13-16(17(14-23)20(25)26)15-5-3-4-6-18(15)27-2/h3-6,16-17H,7-14H2,1-2H3,(H,25,26)/t16-,17+/m0/s1. The number of carbonyl (C=O) groups excluding carboxylic acids is 1. The summed E-state index contributed by atoms with van der Waals surface area (Å²) in [5.74, 6) is -0.988. The minimum Gasteiger partial charge on any atom is -0.496 e. The van der Waals surface area contributed by atoms with Crippen molar-refractivity contribution in [2.45, 2.75) is 12.3 Å². The number of likely N-dealkylation sites (N-methyl/N-ethyl adjacent to an activating group) is 1. The van der Waals surface area contributed by atoms with E-state index in [2.05, 4.69) is 16.8 Å². The van der Waals surface area contributed by atoms with E-state index in [-0.39, 0.29) is 18.4 Å². The predicted octanol–water partition coefficient (Wildman–Crippen LogP) is 0.959. The van der Waals surface area contributed by atoms with Gasteiger partial charge in [0.2, 0.25) is 5.91 Å². The summed E-state index contributed by atoms with van der Waals surface area (Å²) in [6.45, 7) is 5.43. The third-order valence-corrected chi connectivity index (χ3v) is 5.77. The van der Waals surface area contributed by atoms with E-state index >= 15 is 0 Å². The third kappa shape index (κ3) is 4.59. The molecule has 148 valence electrons. The zero-order chi connectivity index (χ0) is 19.4. The fourth-order valence-electron chi connectivity index (χ4n) is 4.03. The summed E-state index contributed by atoms with van der Waals surface area (Å²) < 4.78 is 5.41. The number of carboxylic acids is 1. The van der Waals surface area contributed by atoms with Gasteiger partial charge in [0.1, 0.15) is 5.75 Å². The summed E-state index contributed by atoms with van der Waals surface area (Å²) in [7, 11) is 3.69. The average molecular weight is 375 g/mol. The Hall–Kier alpha value is -2.12. The van der Waals surface area contributed by atoms with Crippen LogP contribution in [0.1, 0.15) is 17.9 Å². The van der Waals surface area contributed by atoms with Crippen molar-refractivity contribution < 1.29 is 19.4 Å². The molecule has 0 bridgehead atoms. The van der Waals surface area contributed by atoms with Crippen LogP contribution in [-0.2, 0) is 9.59 Å². The van der Waals surface area contributed by atoms with Crippen molar-refractivity contribution in [3.05, 3.63) is 29.8 Å². The Morgan fingerprint density at radius 2 is 1.85 bits per heavy atom. The molecule has 1 aromatic rings. The molecule has 2 heterocycles. The Labute approximate surface area is 160 Å². The molecular weight excluding hydrogens is 346 g/mol. The molecule has 0 radical (unpaired) electrons. The first kappa shape index (κ1) is 19.6. The normalized spacial score (nSPS) is 24.1. The Morgan fingerprint density at radius 1 is 1.15 bits per heavy atom. The molecule has 7 heteroatoms. The van der Waals surface area contributed by atoms with E-state index in [9.17, 15) is 14.7 Å². The molecule has 1 amide bonds. The first-order chi connectivity index (χ1) is 13.0. The molecule has 0 aromatic heterocycles. The van der Waals surface area contributed by atoms with Gasteiger partial charge in [-0.2, -0.15) is 0 Å². The lowest BCUT2D eigenvalue weighted by Crippen LogP contribution is -2.45. The molecule has 2 aliphatic rings. The lowest BCUT2D eigenvalue weighted by molar-refractivity contribution is -0.141. The largest absolute Gasteiger partial charge is 0.496 e. The Bertz CT molecular complexity index is 673. The molecule has 2 aliphatic heterocycles. The van der Waals surface area contributed by atoms with E-state index in [0.29, 0.717) is 18.7 Å². The number of aliphatic carboxylic acids is 1. The van der Waals surface area contributed by atoms with Crippen LogP contribution < -0.4 is 4.74 Å². The molecule has 2 saturated heterocycles. The summed E-state index contributed by atoms with van der Waals surface area (Å²) in [5, 5.41) is 9.68. The van der Waals surface area contributed by atoms with Gasteiger partial charge in [-0.1, -0.05) is 18.2 Å². The van der Waals surface area contributed by atoms with Crippen molar-refractivity contribution in [2.75, 3.05) is 60.0 Å². The first-order valence-electron chi connectivity index (χ1n) is 9.54. The van der Waals surface area contributed by atoms with Crippen molar-refractivity contribution in [3.8, 4) is 5.75 Å². The van der Waals surface area contributed by atoms with Crippen molar-refractivity contribution in [2.24, 2.45) is 5.92 Å². The molecule has 0 saturated carbocycles. The van der Waals surface area contributed by atoms with Gasteiger partial charge in [0.05, 0.1) is 13.0 Å². The van der Waals surface area contributed by atoms with Crippen LogP contribution in [0.2, 0.25) is 0 Å². The number of hydrogen-bond donors (Lipinski definition) is 1. The smallest absolute Gasteiger partial charge is 0.308 e. The van der Waals surface area contributed by atoms with E-state index < -0.39 is 11.9 Å². The van der Waals surface area contributed by atoms with E-state index in [1.165, 1.54) is 0 Å². The summed E-state index contributed by atoms with van der Waals surface area (Å²) >= 11 is 0. The van der Waals surface area contributed by atoms with Gasteiger partial charge in [0, 0.05) is 58.2 Å². The fraction of sp³-hybridized carbons (Fsp3) is 0.600. The molecule has 2 atom stereocenters. The summed E-state index contributed by atoms with van der Waals surface area (Å²) in [5.41, 5.74) is 0.863. The summed E-state index contributed by atoms with van der Waals surface area (Å²) in [6.07, 6.45) is 0.439. The molecule has 0 unspecified atom stereocenters. The predicted molar refractivity (Wildman–Crippen MR) is 102 cm³/mol. The van der Waals surface area contributed by atoms with Crippen LogP contribution in [0.4, 0.5) is 0 Å². The molecule has 0 aliphatic carbocycles. The van der Waals surface area contributed by atoms with Crippen LogP contribution in [0.5, 0.6) is 5.75 Å². The molecular formula is C20H29N3O4. The lowest BCUT2D eigenvalue weighted by Gasteiger charge is -2.32. The van der Waals surface area contributed by atoms with Crippen molar-refractivity contribution in [3.63, 3.8) is 0 Å². The lowest BCUT2D eigenvalue weighted by atomic mass is 9.88. The molecule has 2 fully saturated rings. The third-order valence-electron chi connectivity index (χ3n) is 5.77. The number of para-hydroxylation sites is 1. The van der Waals surface area contributed by atoms with Gasteiger partial charge >= 0.3 is 5.97 Å². The maximum absolute atomic E-state index is 12.7. The molecule has 1 aromatic carbocycles. The number of likely N-dealkylation sites (tertiary alicyclic amines) is 1. The van der Waals surface area contributed by atoms with E-state index in [4.69, 9.17) is 4.74 Å². The molecule has 3 rings (SSSR count). The van der Waals surface area contributed by atoms with Gasteiger partial charge in [-0.25, -0.2) is 0 Å². The van der Waals surface area contributed by atoms with Crippen molar-refractivity contribution in [1.29, 1.82) is 0 Å². The van der Waals surface area contributed by atoms with Gasteiger partial charge in [0.15, 0.2) is 0 Å². The van der Waals surface area contributed by atoms with E-state index in [0.717, 1.165) is 38.3 Å². The molecule has 27 heavy (non-hydrogen) atoms. The topological polar surface area (TPSA) is 73.3 Å². The van der Waals surface area contributed by atoms with Crippen LogP contribution in [0.15, 0.2) is 24.3 Å². The first-order valence-corrected chi connectivity index (χ1v) is 9.54. The van der Waals surface area contributed by atoms with Gasteiger partial charge in [-0.15, -0.1) is 0 Å². The number of methoxy groups -OCH3 is 1. The second-order valence-electron chi connectivity index (χ2n) is 7.49. The van der Waals surface area contributed by atoms with Gasteiger partial charge in [-0.3, -0.25) is 9.59 Å². The highest BCUT2D eigenvalue weighted by atomic mass is 16.5. The SMILES string of the molecule is COc1ccccc1[C@@H]1CN(C(=O)CCN2CCN(C)CC2)C[C@H]1C(=O)O. The maximum Gasteiger partial charge on any atom is 0.308 e. The number of ether oxygens (including phenoxy) is 1. The van der Waals surface area contributed by atoms with Crippen LogP contribution in [0.3, 0.4) is 0 Å². The number of rotatable bonds is 6. The molecule has 0 spiro atoms. The van der Waals surface area contributed by atoms with E-state index in [1.807, 2.05) is 24.3 Å². The zero-order valence-corrected chi connectivity index (χ0v) is 16.1. The van der Waals surface area contributed by atoms with E-state index in [1.54, 1.807) is 12.0 Å². The second-order valence-corrected chi connectivity index (χ2v) is 7.49. The van der Waals surface area contributed by atoms with Crippen molar-refractivity contribution >= 4 is 11.9 Å². The maximum atomic E-state index is 12.7. The second kappa shape index (κ2) is 8.71. The van der Waals surface area contributed by atoms with Crippen LogP contribution in [0.25, 0.3) is 0 Å². The monoisotopic (exact) mass is 375 g/mol. The highest BCUT2D eigenvalue weighted by Gasteiger charge is 2.41. The van der Waals surface area contributed by atoms with Crippen LogP contribution in [-0.4, -0.2) is 91.7 Å². The summed E-state index contributed by atoms with van der Waals surface area (Å²) in [4.78, 5) is 30.8. The van der Waals surface area contributed by atoms with Crippen molar-refractivity contribution in [1.82, 2.24) is 14.7 Å². The minimum absolute atomic E-state index is 0.0394. The Balaban J connectivity index is 1.63. The number of piperazine rings is 1.